The fourth-order valence-electron chi connectivity index (χ4n) is 1.56. The molecule has 0 radical (unpaired) electrons. The summed E-state index contributed by atoms with van der Waals surface area (Å²) >= 11 is 0. The third kappa shape index (κ3) is 6.20. The van der Waals surface area contributed by atoms with E-state index in [9.17, 15) is 17.6 Å². The molecule has 0 saturated heterocycles. The van der Waals surface area contributed by atoms with Crippen LogP contribution in [0.3, 0.4) is 0 Å². The third-order valence-electron chi connectivity index (χ3n) is 2.56. The summed E-state index contributed by atoms with van der Waals surface area (Å²) in [6.45, 7) is 0.638. The van der Waals surface area contributed by atoms with Gasteiger partial charge in [0, 0.05) is 18.5 Å². The highest BCUT2D eigenvalue weighted by Gasteiger charge is 2.25. The van der Waals surface area contributed by atoms with Crippen molar-refractivity contribution in [1.29, 1.82) is 5.26 Å². The first-order valence-corrected chi connectivity index (χ1v) is 5.88. The molecular formula is C13H14F4N2. The Morgan fingerprint density at radius 3 is 2.53 bits per heavy atom. The van der Waals surface area contributed by atoms with E-state index in [1.165, 1.54) is 12.1 Å². The lowest BCUT2D eigenvalue weighted by atomic mass is 10.1. The van der Waals surface area contributed by atoms with Gasteiger partial charge < -0.3 is 5.32 Å². The van der Waals surface area contributed by atoms with E-state index >= 15 is 0 Å². The Morgan fingerprint density at radius 2 is 1.95 bits per heavy atom. The molecule has 0 bridgehead atoms. The van der Waals surface area contributed by atoms with Crippen molar-refractivity contribution in [3.63, 3.8) is 0 Å². The van der Waals surface area contributed by atoms with Crippen LogP contribution in [0.2, 0.25) is 0 Å². The van der Waals surface area contributed by atoms with E-state index in [0.717, 1.165) is 6.07 Å². The van der Waals surface area contributed by atoms with E-state index in [1.54, 1.807) is 0 Å². The quantitative estimate of drug-likeness (QED) is 0.636. The van der Waals surface area contributed by atoms with Gasteiger partial charge in [0.25, 0.3) is 0 Å². The lowest BCUT2D eigenvalue weighted by Gasteiger charge is -2.07. The molecule has 1 rings (SSSR count). The second-order valence-corrected chi connectivity index (χ2v) is 4.17. The minimum absolute atomic E-state index is 0.0619. The third-order valence-corrected chi connectivity index (χ3v) is 2.56. The Balaban J connectivity index is 2.25. The minimum Gasteiger partial charge on any atom is -0.313 e. The average Bonchev–Trinajstić information content (AvgIpc) is 2.33. The standard InChI is InChI=1S/C13H14F4N2/c14-12-7-10(8-18)3-4-11(12)9-19-6-2-1-5-13(15,16)17/h3-4,7,19H,1-2,5-6,9H2. The molecule has 1 N–H and O–H groups in total. The molecule has 1 aromatic carbocycles. The van der Waals surface area contributed by atoms with Crippen LogP contribution >= 0.6 is 0 Å². The lowest BCUT2D eigenvalue weighted by Crippen LogP contribution is -2.16. The summed E-state index contributed by atoms with van der Waals surface area (Å²) in [5.74, 6) is -0.484. The van der Waals surface area contributed by atoms with Crippen molar-refractivity contribution in [2.45, 2.75) is 32.0 Å². The van der Waals surface area contributed by atoms with Gasteiger partial charge >= 0.3 is 6.18 Å². The number of alkyl halides is 3. The van der Waals surface area contributed by atoms with Crippen molar-refractivity contribution in [2.75, 3.05) is 6.54 Å². The number of hydrogen-bond acceptors (Lipinski definition) is 2. The highest BCUT2D eigenvalue weighted by Crippen LogP contribution is 2.21. The smallest absolute Gasteiger partial charge is 0.313 e. The van der Waals surface area contributed by atoms with Crippen LogP contribution in [0.25, 0.3) is 0 Å². The van der Waals surface area contributed by atoms with Crippen LogP contribution < -0.4 is 5.32 Å². The maximum absolute atomic E-state index is 13.4. The summed E-state index contributed by atoms with van der Waals surface area (Å²) in [4.78, 5) is 0. The first kappa shape index (κ1) is 15.4. The SMILES string of the molecule is N#Cc1ccc(CNCCCCC(F)(F)F)c(F)c1. The first-order valence-electron chi connectivity index (χ1n) is 5.88. The number of nitrogens with one attached hydrogen (secondary N) is 1. The normalized spacial score (nSPS) is 11.3. The molecule has 0 aliphatic heterocycles. The number of unbranched alkanes of at least 4 members (excludes halogenated alkanes) is 1. The van der Waals surface area contributed by atoms with E-state index in [2.05, 4.69) is 5.32 Å². The molecule has 0 atom stereocenters. The van der Waals surface area contributed by atoms with Crippen LogP contribution in [0.1, 0.15) is 30.4 Å². The molecule has 0 aromatic heterocycles. The molecule has 0 unspecified atom stereocenters. The van der Waals surface area contributed by atoms with Crippen molar-refractivity contribution >= 4 is 0 Å². The zero-order valence-corrected chi connectivity index (χ0v) is 10.2. The average molecular weight is 274 g/mol. The molecule has 0 fully saturated rings. The highest BCUT2D eigenvalue weighted by molar-refractivity contribution is 5.32. The van der Waals surface area contributed by atoms with Gasteiger partial charge in [0.1, 0.15) is 5.82 Å². The molecule has 1 aromatic rings. The first-order chi connectivity index (χ1) is 8.92. The second-order valence-electron chi connectivity index (χ2n) is 4.17. The van der Waals surface area contributed by atoms with Crippen LogP contribution in [0.15, 0.2) is 18.2 Å². The van der Waals surface area contributed by atoms with Crippen molar-refractivity contribution in [3.8, 4) is 6.07 Å². The number of nitrogens with zero attached hydrogens (tertiary/aromatic N) is 1. The molecular weight excluding hydrogens is 260 g/mol. The summed E-state index contributed by atoms with van der Waals surface area (Å²) in [5.41, 5.74) is 0.640. The van der Waals surface area contributed by atoms with Gasteiger partial charge in [-0.05, 0) is 31.5 Å². The fraction of sp³-hybridized carbons (Fsp3) is 0.462. The largest absolute Gasteiger partial charge is 0.389 e. The summed E-state index contributed by atoms with van der Waals surface area (Å²) < 4.78 is 49.0. The predicted molar refractivity (Wildman–Crippen MR) is 62.7 cm³/mol. The molecule has 0 aliphatic rings. The lowest BCUT2D eigenvalue weighted by molar-refractivity contribution is -0.135. The van der Waals surface area contributed by atoms with Crippen molar-refractivity contribution < 1.29 is 17.6 Å². The maximum Gasteiger partial charge on any atom is 0.389 e. The van der Waals surface area contributed by atoms with Gasteiger partial charge in [0.2, 0.25) is 0 Å². The van der Waals surface area contributed by atoms with Gasteiger partial charge in [0.15, 0.2) is 0 Å². The fourth-order valence-corrected chi connectivity index (χ4v) is 1.56. The molecule has 104 valence electrons. The molecule has 2 nitrogen and oxygen atoms in total. The van der Waals surface area contributed by atoms with Crippen molar-refractivity contribution in [3.05, 3.63) is 35.1 Å². The maximum atomic E-state index is 13.4. The number of benzene rings is 1. The number of nitriles is 1. The number of rotatable bonds is 6. The van der Waals surface area contributed by atoms with E-state index in [0.29, 0.717) is 18.5 Å². The highest BCUT2D eigenvalue weighted by atomic mass is 19.4. The summed E-state index contributed by atoms with van der Waals surface area (Å²) in [7, 11) is 0. The Hall–Kier alpha value is -1.61. The number of hydrogen-bond donors (Lipinski definition) is 1. The monoisotopic (exact) mass is 274 g/mol. The van der Waals surface area contributed by atoms with Gasteiger partial charge in [-0.1, -0.05) is 6.07 Å². The molecule has 0 aliphatic carbocycles. The van der Waals surface area contributed by atoms with E-state index < -0.39 is 18.4 Å². The Bertz CT molecular complexity index is 449. The molecule has 19 heavy (non-hydrogen) atoms. The van der Waals surface area contributed by atoms with E-state index in [-0.39, 0.29) is 18.5 Å². The topological polar surface area (TPSA) is 35.8 Å². The van der Waals surface area contributed by atoms with E-state index in [4.69, 9.17) is 5.26 Å². The van der Waals surface area contributed by atoms with Gasteiger partial charge in [-0.25, -0.2) is 4.39 Å². The second kappa shape index (κ2) is 7.10. The van der Waals surface area contributed by atoms with Crippen LogP contribution in [-0.2, 0) is 6.54 Å². The predicted octanol–water partition coefficient (Wildman–Crippen LogP) is 3.52. The molecule has 0 spiro atoms. The molecule has 0 saturated carbocycles. The molecule has 6 heteroatoms. The Morgan fingerprint density at radius 1 is 1.21 bits per heavy atom. The molecule has 0 amide bonds. The summed E-state index contributed by atoms with van der Waals surface area (Å²) in [6.07, 6.45) is -4.46. The zero-order chi connectivity index (χ0) is 14.3. The number of halogens is 4. The van der Waals surface area contributed by atoms with Gasteiger partial charge in [-0.2, -0.15) is 18.4 Å². The zero-order valence-electron chi connectivity index (χ0n) is 10.2. The van der Waals surface area contributed by atoms with Crippen LogP contribution in [-0.4, -0.2) is 12.7 Å². The van der Waals surface area contributed by atoms with Gasteiger partial charge in [-0.15, -0.1) is 0 Å². The summed E-state index contributed by atoms with van der Waals surface area (Å²) in [6, 6.07) is 5.97. The van der Waals surface area contributed by atoms with Gasteiger partial charge in [0.05, 0.1) is 11.6 Å². The Labute approximate surface area is 109 Å². The Kier molecular flexibility index (Phi) is 5.77. The van der Waals surface area contributed by atoms with E-state index in [1.807, 2.05) is 6.07 Å². The summed E-state index contributed by atoms with van der Waals surface area (Å²) in [5, 5.41) is 11.4. The van der Waals surface area contributed by atoms with Gasteiger partial charge in [-0.3, -0.25) is 0 Å². The van der Waals surface area contributed by atoms with Crippen LogP contribution in [0.5, 0.6) is 0 Å². The van der Waals surface area contributed by atoms with Crippen molar-refractivity contribution in [2.24, 2.45) is 0 Å². The van der Waals surface area contributed by atoms with Crippen LogP contribution in [0.4, 0.5) is 17.6 Å². The van der Waals surface area contributed by atoms with Crippen molar-refractivity contribution in [1.82, 2.24) is 5.32 Å². The molecule has 0 heterocycles. The van der Waals surface area contributed by atoms with Crippen LogP contribution in [0, 0.1) is 17.1 Å². The minimum atomic E-state index is -4.11.